The van der Waals surface area contributed by atoms with E-state index in [2.05, 4.69) is 13.2 Å². The minimum Gasteiger partial charge on any atom is -0.508 e. The van der Waals surface area contributed by atoms with Crippen LogP contribution >= 0.6 is 0 Å². The van der Waals surface area contributed by atoms with Gasteiger partial charge in [0.05, 0.1) is 25.9 Å². The molecule has 2 aliphatic rings. The van der Waals surface area contributed by atoms with Crippen LogP contribution in [0.2, 0.25) is 0 Å². The lowest BCUT2D eigenvalue weighted by Crippen LogP contribution is -2.60. The van der Waals surface area contributed by atoms with Crippen LogP contribution in [0.15, 0.2) is 12.1 Å². The maximum absolute atomic E-state index is 10.1. The maximum Gasteiger partial charge on any atom is 0.139 e. The first-order valence-electron chi connectivity index (χ1n) is 7.30. The maximum atomic E-state index is 10.1. The van der Waals surface area contributed by atoms with E-state index < -0.39 is 0 Å². The molecule has 1 aromatic rings. The Kier molecular flexibility index (Phi) is 3.75. The number of phenolic OH excluding ortho intramolecular Hbond substituents is 1. The van der Waals surface area contributed by atoms with Gasteiger partial charge in [0.1, 0.15) is 13.6 Å². The molecule has 1 saturated heterocycles. The summed E-state index contributed by atoms with van der Waals surface area (Å²) in [4.78, 5) is 0. The lowest BCUT2D eigenvalue weighted by molar-refractivity contribution is -0.0368. The van der Waals surface area contributed by atoms with E-state index in [1.807, 2.05) is 12.1 Å². The summed E-state index contributed by atoms with van der Waals surface area (Å²) in [6.07, 6.45) is 3.66. The van der Waals surface area contributed by atoms with Gasteiger partial charge in [0, 0.05) is 18.2 Å². The first kappa shape index (κ1) is 13.9. The van der Waals surface area contributed by atoms with E-state index >= 15 is 0 Å². The average Bonchev–Trinajstić information content (AvgIpc) is 2.41. The lowest BCUT2D eigenvalue weighted by atomic mass is 9.75. The Hall–Kier alpha value is -1.04. The highest BCUT2D eigenvalue weighted by molar-refractivity contribution is 6.33. The van der Waals surface area contributed by atoms with E-state index in [-0.39, 0.29) is 11.6 Å². The summed E-state index contributed by atoms with van der Waals surface area (Å²) in [5.41, 5.74) is 3.32. The predicted molar refractivity (Wildman–Crippen MR) is 80.3 cm³/mol. The molecule has 1 saturated carbocycles. The van der Waals surface area contributed by atoms with Crippen molar-refractivity contribution < 1.29 is 14.6 Å². The zero-order chi connectivity index (χ0) is 14.2. The third-order valence-corrected chi connectivity index (χ3v) is 4.60. The van der Waals surface area contributed by atoms with E-state index in [4.69, 9.17) is 9.47 Å². The average molecular weight is 275 g/mol. The summed E-state index contributed by atoms with van der Waals surface area (Å²) < 4.78 is 10.9. The topological polar surface area (TPSA) is 50.7 Å². The molecule has 4 nitrogen and oxygen atoms in total. The number of nitrogens with one attached hydrogen (secondary N) is 1. The van der Waals surface area contributed by atoms with Crippen molar-refractivity contribution in [3.63, 3.8) is 0 Å². The third kappa shape index (κ3) is 2.46. The summed E-state index contributed by atoms with van der Waals surface area (Å²) in [5.74, 6) is 0.308. The number of phenols is 1. The number of aromatic hydroxyl groups is 1. The Morgan fingerprint density at radius 2 is 2.30 bits per heavy atom. The van der Waals surface area contributed by atoms with Crippen LogP contribution in [0.25, 0.3) is 0 Å². The summed E-state index contributed by atoms with van der Waals surface area (Å²) in [6, 6.07) is 4.05. The van der Waals surface area contributed by atoms with Crippen molar-refractivity contribution in [1.82, 2.24) is 5.32 Å². The molecule has 1 aliphatic heterocycles. The zero-order valence-electron chi connectivity index (χ0n) is 12.2. The van der Waals surface area contributed by atoms with E-state index in [1.54, 1.807) is 7.11 Å². The van der Waals surface area contributed by atoms with Gasteiger partial charge in [-0.1, -0.05) is 11.5 Å². The van der Waals surface area contributed by atoms with Crippen molar-refractivity contribution in [2.75, 3.05) is 20.3 Å². The van der Waals surface area contributed by atoms with Crippen molar-refractivity contribution in [2.45, 2.75) is 37.5 Å². The molecule has 1 spiro atoms. The van der Waals surface area contributed by atoms with E-state index in [1.165, 1.54) is 24.7 Å². The molecule has 3 rings (SSSR count). The fourth-order valence-electron chi connectivity index (χ4n) is 3.30. The molecular formula is C15H22BNO3. The van der Waals surface area contributed by atoms with Crippen LogP contribution in [0, 0.1) is 0 Å². The Morgan fingerprint density at radius 3 is 2.95 bits per heavy atom. The SMILES string of the molecule is Bc1cc(COC)c(O)cc1C1COCC2(CCC2)N1. The van der Waals surface area contributed by atoms with Gasteiger partial charge in [0.15, 0.2) is 0 Å². The first-order valence-corrected chi connectivity index (χ1v) is 7.30. The number of morpholine rings is 1. The molecular weight excluding hydrogens is 253 g/mol. The van der Waals surface area contributed by atoms with Crippen LogP contribution < -0.4 is 10.8 Å². The molecule has 5 heteroatoms. The molecule has 2 fully saturated rings. The largest absolute Gasteiger partial charge is 0.508 e. The molecule has 1 aromatic carbocycles. The smallest absolute Gasteiger partial charge is 0.139 e. The van der Waals surface area contributed by atoms with E-state index in [0.717, 1.165) is 17.7 Å². The van der Waals surface area contributed by atoms with Gasteiger partial charge < -0.3 is 19.9 Å². The predicted octanol–water partition coefficient (Wildman–Crippen LogP) is 0.381. The number of rotatable bonds is 3. The van der Waals surface area contributed by atoms with Crippen molar-refractivity contribution in [1.29, 1.82) is 0 Å². The number of hydrogen-bond donors (Lipinski definition) is 2. The normalized spacial score (nSPS) is 24.6. The van der Waals surface area contributed by atoms with Crippen molar-refractivity contribution in [3.8, 4) is 5.75 Å². The molecule has 0 aromatic heterocycles. The molecule has 0 bridgehead atoms. The van der Waals surface area contributed by atoms with Crippen LogP contribution in [0.5, 0.6) is 5.75 Å². The zero-order valence-corrected chi connectivity index (χ0v) is 12.2. The molecule has 1 unspecified atom stereocenters. The second-order valence-corrected chi connectivity index (χ2v) is 6.12. The Bertz CT molecular complexity index is 502. The van der Waals surface area contributed by atoms with Crippen LogP contribution in [-0.2, 0) is 16.1 Å². The summed E-state index contributed by atoms with van der Waals surface area (Å²) in [5, 5.41) is 13.9. The van der Waals surface area contributed by atoms with Gasteiger partial charge in [-0.3, -0.25) is 0 Å². The fraction of sp³-hybridized carbons (Fsp3) is 0.600. The van der Waals surface area contributed by atoms with Crippen molar-refractivity contribution in [2.24, 2.45) is 0 Å². The Labute approximate surface area is 120 Å². The molecule has 1 atom stereocenters. The van der Waals surface area contributed by atoms with Gasteiger partial charge >= 0.3 is 0 Å². The Morgan fingerprint density at radius 1 is 1.50 bits per heavy atom. The van der Waals surface area contributed by atoms with Gasteiger partial charge in [-0.25, -0.2) is 0 Å². The summed E-state index contributed by atoms with van der Waals surface area (Å²) in [6.45, 7) is 1.92. The second kappa shape index (κ2) is 5.39. The van der Waals surface area contributed by atoms with E-state index in [0.29, 0.717) is 19.0 Å². The molecule has 2 N–H and O–H groups in total. The molecule has 1 aliphatic carbocycles. The molecule has 108 valence electrons. The number of hydrogen-bond acceptors (Lipinski definition) is 4. The second-order valence-electron chi connectivity index (χ2n) is 6.12. The van der Waals surface area contributed by atoms with Gasteiger partial charge in [-0.05, 0) is 30.9 Å². The minimum absolute atomic E-state index is 0.173. The van der Waals surface area contributed by atoms with Crippen LogP contribution in [0.1, 0.15) is 36.4 Å². The highest BCUT2D eigenvalue weighted by atomic mass is 16.5. The standard InChI is InChI=1S/C15H22BNO3/c1-19-7-10-5-12(16)11(6-14(10)18)13-8-20-9-15(17-13)3-2-4-15/h5-6,13,17-18H,2-4,7-9,16H2,1H3. The number of ether oxygens (including phenoxy) is 2. The van der Waals surface area contributed by atoms with E-state index in [9.17, 15) is 5.11 Å². The molecule has 0 amide bonds. The van der Waals surface area contributed by atoms with Crippen molar-refractivity contribution in [3.05, 3.63) is 23.3 Å². The van der Waals surface area contributed by atoms with Crippen LogP contribution in [-0.4, -0.2) is 38.8 Å². The van der Waals surface area contributed by atoms with Gasteiger partial charge in [-0.15, -0.1) is 0 Å². The molecule has 0 radical (unpaired) electrons. The Balaban J connectivity index is 1.84. The van der Waals surface area contributed by atoms with Crippen LogP contribution in [0.4, 0.5) is 0 Å². The number of methoxy groups -OCH3 is 1. The molecule has 20 heavy (non-hydrogen) atoms. The number of benzene rings is 1. The highest BCUT2D eigenvalue weighted by Gasteiger charge is 2.42. The highest BCUT2D eigenvalue weighted by Crippen LogP contribution is 2.37. The van der Waals surface area contributed by atoms with Gasteiger partial charge in [0.25, 0.3) is 0 Å². The minimum atomic E-state index is 0.173. The lowest BCUT2D eigenvalue weighted by Gasteiger charge is -2.48. The van der Waals surface area contributed by atoms with Crippen molar-refractivity contribution >= 4 is 13.3 Å². The summed E-state index contributed by atoms with van der Waals surface area (Å²) >= 11 is 0. The fourth-order valence-corrected chi connectivity index (χ4v) is 3.30. The third-order valence-electron chi connectivity index (χ3n) is 4.60. The quantitative estimate of drug-likeness (QED) is 0.783. The monoisotopic (exact) mass is 275 g/mol. The first-order chi connectivity index (χ1) is 9.63. The summed E-state index contributed by atoms with van der Waals surface area (Å²) in [7, 11) is 3.72. The van der Waals surface area contributed by atoms with Crippen LogP contribution in [0.3, 0.4) is 0 Å². The molecule has 1 heterocycles. The van der Waals surface area contributed by atoms with Gasteiger partial charge in [-0.2, -0.15) is 0 Å². The van der Waals surface area contributed by atoms with Gasteiger partial charge in [0.2, 0.25) is 0 Å².